The van der Waals surface area contributed by atoms with Gasteiger partial charge in [-0.25, -0.2) is 0 Å². The van der Waals surface area contributed by atoms with Crippen molar-refractivity contribution in [3.63, 3.8) is 0 Å². The van der Waals surface area contributed by atoms with Crippen LogP contribution in [0.2, 0.25) is 0 Å². The number of nitrogens with zero attached hydrogens (tertiary/aromatic N) is 7. The molecule has 1 aliphatic carbocycles. The van der Waals surface area contributed by atoms with E-state index < -0.39 is 0 Å². The number of hydrogen-bond donors (Lipinski definition) is 3. The molecule has 12 nitrogen and oxygen atoms in total. The predicted octanol–water partition coefficient (Wildman–Crippen LogP) is 33.6. The number of nitrogens with one attached hydrogen (secondary N) is 1. The number of benzene rings is 20. The van der Waals surface area contributed by atoms with Gasteiger partial charge in [-0.15, -0.1) is 0 Å². The Bertz CT molecular complexity index is 10100. The Morgan fingerprint density at radius 2 is 0.429 bits per heavy atom. The summed E-state index contributed by atoms with van der Waals surface area (Å²) in [7, 11) is 0. The van der Waals surface area contributed by atoms with Gasteiger partial charge in [0.2, 0.25) is 0 Å². The standard InChI is InChI=1S/C60H36N4O.C54H32N4O.C6H5I.C6H14N2.CH4/c1-2-14-37(15-3-1)61-55-29-26-38(62-51-21-9-4-16-41(51)42-17-5-10-22-52(42)62)32-46(55)48-36-58-49(35-57(48)61)47-33-39(63-53-23-11-6-18-43(53)44-19-7-12-24-54(44)63)27-30-56(47)64(58)40-28-31-60-50(34-40)45-20-8-13-25-59(45)65-60;1-6-16-47-35(11-1)36-12-2-7-17-48(36)56(47)32-21-24-45-40(27-32)41-31-52-43(30-46(41)55-45)42-28-33(57-49-18-8-3-13-37(49)38-14-4-9-19-50(38)57)22-25-51(42)58(52)34-23-26-54-44(29-34)39-15-5-10-20-53(39)59-54;7-6-4-2-1-3-5-6;7-5-3-1-2-4-6(5)8;/h1-36H;1-31,55H;1-5H;5-6H,1-4,7-8H2;1H4/t;;;5-,6-;/m...1./s1. The number of aromatic amines is 1. The number of aromatic nitrogens is 8. The maximum Gasteiger partial charge on any atom is 0.135 e. The van der Waals surface area contributed by atoms with E-state index in [1.165, 1.54) is 147 Å². The second-order valence-electron chi connectivity index (χ2n) is 37.0. The molecule has 30 aromatic rings. The van der Waals surface area contributed by atoms with Crippen LogP contribution in [0.4, 0.5) is 0 Å². The molecule has 0 unspecified atom stereocenters. The van der Waals surface area contributed by atoms with Crippen LogP contribution in [0.15, 0.2) is 446 Å². The number of hydrogen-bond acceptors (Lipinski definition) is 4. The molecule has 10 aromatic heterocycles. The van der Waals surface area contributed by atoms with Gasteiger partial charge in [-0.05, 0) is 254 Å². The molecule has 0 saturated heterocycles. The number of H-pyrrole nitrogens is 1. The Hall–Kier alpha value is -17.0. The number of para-hydroxylation sites is 11. The molecule has 668 valence electrons. The first-order valence-corrected chi connectivity index (χ1v) is 48.9. The number of halogens is 1. The number of nitrogens with two attached hydrogens (primary N) is 2. The van der Waals surface area contributed by atoms with Crippen LogP contribution in [0.5, 0.6) is 0 Å². The third-order valence-electron chi connectivity index (χ3n) is 29.3. The Morgan fingerprint density at radius 1 is 0.193 bits per heavy atom. The summed E-state index contributed by atoms with van der Waals surface area (Å²) in [4.78, 5) is 3.83. The molecule has 1 fully saturated rings. The zero-order chi connectivity index (χ0) is 91.8. The fourth-order valence-corrected chi connectivity index (χ4v) is 23.4. The molecule has 20 aromatic carbocycles. The zero-order valence-electron chi connectivity index (χ0n) is 75.5. The average molecular weight is 1920 g/mol. The van der Waals surface area contributed by atoms with E-state index in [-0.39, 0.29) is 19.5 Å². The van der Waals surface area contributed by atoms with Crippen LogP contribution in [0.1, 0.15) is 33.1 Å². The van der Waals surface area contributed by atoms with Crippen LogP contribution in [-0.2, 0) is 0 Å². The topological polar surface area (TPSA) is 129 Å². The molecule has 2 atom stereocenters. The SMILES string of the molecule is C.Ic1ccccc1.N[C@@H]1CCCC[C@H]1N.c1ccc(-n2c3ccc(-n4c5ccccc5c5ccccc54)cc3c3cc4c(cc32)c2cc(-n3c5ccccc5c5ccccc53)ccc2n4-c2ccc3oc4ccccc4c3c2)cc1.c1ccc2c(c1)oc1ccc(-n3c4ccc(-n5c6ccccc6c6ccccc65)cc4c4cc5[nH]c6ccc(-n7c8ccccc8c8ccccc87)cc6c5cc43)cc12. The van der Waals surface area contributed by atoms with Gasteiger partial charge in [0, 0.05) is 174 Å². The van der Waals surface area contributed by atoms with Crippen molar-refractivity contribution in [1.82, 2.24) is 37.0 Å². The third kappa shape index (κ3) is 13.0. The molecule has 10 heterocycles. The lowest BCUT2D eigenvalue weighted by atomic mass is 9.92. The van der Waals surface area contributed by atoms with E-state index in [9.17, 15) is 0 Å². The number of rotatable bonds is 7. The van der Waals surface area contributed by atoms with Crippen molar-refractivity contribution >= 4 is 241 Å². The maximum atomic E-state index is 6.36. The summed E-state index contributed by atoms with van der Waals surface area (Å²) in [6.45, 7) is 0. The normalized spacial score (nSPS) is 13.7. The van der Waals surface area contributed by atoms with Gasteiger partial charge in [0.1, 0.15) is 22.3 Å². The predicted molar refractivity (Wildman–Crippen MR) is 597 cm³/mol. The van der Waals surface area contributed by atoms with Gasteiger partial charge in [-0.2, -0.15) is 0 Å². The van der Waals surface area contributed by atoms with Gasteiger partial charge in [0.15, 0.2) is 0 Å². The lowest BCUT2D eigenvalue weighted by Crippen LogP contribution is -2.43. The Morgan fingerprint density at radius 3 is 0.764 bits per heavy atom. The first kappa shape index (κ1) is 82.5. The van der Waals surface area contributed by atoms with Crippen LogP contribution in [0, 0.1) is 3.57 Å². The summed E-state index contributed by atoms with van der Waals surface area (Å²) >= 11 is 2.28. The van der Waals surface area contributed by atoms with Gasteiger partial charge in [-0.3, -0.25) is 0 Å². The van der Waals surface area contributed by atoms with Crippen molar-refractivity contribution < 1.29 is 8.83 Å². The smallest absolute Gasteiger partial charge is 0.135 e. The Balaban J connectivity index is 0.000000122. The Labute approximate surface area is 817 Å². The van der Waals surface area contributed by atoms with Gasteiger partial charge in [0.05, 0.1) is 77.2 Å². The summed E-state index contributed by atoms with van der Waals surface area (Å²) in [6, 6.07) is 159. The highest BCUT2D eigenvalue weighted by atomic mass is 127. The second-order valence-corrected chi connectivity index (χ2v) is 38.3. The minimum atomic E-state index is 0. The zero-order valence-corrected chi connectivity index (χ0v) is 77.7. The molecule has 140 heavy (non-hydrogen) atoms. The molecular formula is C127H91IN10O2. The van der Waals surface area contributed by atoms with Crippen molar-refractivity contribution in [2.45, 2.75) is 45.2 Å². The highest BCUT2D eigenvalue weighted by Crippen LogP contribution is 2.48. The van der Waals surface area contributed by atoms with E-state index in [1.807, 2.05) is 36.4 Å². The molecule has 0 radical (unpaired) electrons. The van der Waals surface area contributed by atoms with Gasteiger partial charge >= 0.3 is 0 Å². The molecule has 5 N–H and O–H groups in total. The highest BCUT2D eigenvalue weighted by Gasteiger charge is 2.27. The largest absolute Gasteiger partial charge is 0.456 e. The number of furan rings is 2. The molecular weight excluding hydrogens is 1820 g/mol. The minimum absolute atomic E-state index is 0. The van der Waals surface area contributed by atoms with Crippen LogP contribution in [0.25, 0.3) is 258 Å². The van der Waals surface area contributed by atoms with Crippen LogP contribution >= 0.6 is 22.6 Å². The van der Waals surface area contributed by atoms with Crippen molar-refractivity contribution in [1.29, 1.82) is 0 Å². The van der Waals surface area contributed by atoms with Gasteiger partial charge < -0.3 is 57.3 Å². The van der Waals surface area contributed by atoms with E-state index >= 15 is 0 Å². The lowest BCUT2D eigenvalue weighted by Gasteiger charge is -2.24. The molecule has 13 heteroatoms. The molecule has 0 aliphatic heterocycles. The third-order valence-corrected chi connectivity index (χ3v) is 30.0. The quantitative estimate of drug-likeness (QED) is 0.137. The molecule has 0 bridgehead atoms. The second kappa shape index (κ2) is 32.9. The summed E-state index contributed by atoms with van der Waals surface area (Å²) in [5.74, 6) is 0. The monoisotopic (exact) mass is 1910 g/mol. The van der Waals surface area contributed by atoms with Crippen molar-refractivity contribution in [2.75, 3.05) is 0 Å². The van der Waals surface area contributed by atoms with E-state index in [4.69, 9.17) is 20.3 Å². The van der Waals surface area contributed by atoms with Crippen molar-refractivity contribution in [3.05, 3.63) is 440 Å². The first-order valence-electron chi connectivity index (χ1n) is 47.9. The number of fused-ring (bicyclic) bond motifs is 30. The fraction of sp³-hybridized carbons (Fsp3) is 0.0551. The summed E-state index contributed by atoms with van der Waals surface area (Å²) in [6.07, 6.45) is 4.80. The van der Waals surface area contributed by atoms with E-state index in [1.54, 1.807) is 0 Å². The van der Waals surface area contributed by atoms with E-state index in [0.717, 1.165) is 141 Å². The minimum Gasteiger partial charge on any atom is -0.456 e. The summed E-state index contributed by atoms with van der Waals surface area (Å²) in [5.41, 5.74) is 41.5. The van der Waals surface area contributed by atoms with Crippen LogP contribution in [-0.4, -0.2) is 49.0 Å². The highest BCUT2D eigenvalue weighted by molar-refractivity contribution is 14.1. The van der Waals surface area contributed by atoms with Crippen LogP contribution in [0.3, 0.4) is 0 Å². The molecule has 0 amide bonds. The maximum absolute atomic E-state index is 6.36. The average Bonchev–Trinajstić information content (AvgIpc) is 1.55. The van der Waals surface area contributed by atoms with Crippen molar-refractivity contribution in [2.24, 2.45) is 11.5 Å². The van der Waals surface area contributed by atoms with Crippen LogP contribution < -0.4 is 11.5 Å². The van der Waals surface area contributed by atoms with Gasteiger partial charge in [0.25, 0.3) is 0 Å². The van der Waals surface area contributed by atoms with E-state index in [0.29, 0.717) is 0 Å². The molecule has 1 aliphatic rings. The summed E-state index contributed by atoms with van der Waals surface area (Å²) in [5, 5.41) is 24.0. The van der Waals surface area contributed by atoms with E-state index in [2.05, 4.69) is 460 Å². The van der Waals surface area contributed by atoms with Crippen molar-refractivity contribution in [3.8, 4) is 39.8 Å². The lowest BCUT2D eigenvalue weighted by molar-refractivity contribution is 0.385. The molecule has 31 rings (SSSR count). The summed E-state index contributed by atoms with van der Waals surface area (Å²) < 4.78 is 31.0. The molecule has 0 spiro atoms. The molecule has 1 saturated carbocycles. The fourth-order valence-electron chi connectivity index (χ4n) is 23.0. The Kier molecular flexibility index (Phi) is 19.4. The van der Waals surface area contributed by atoms with Gasteiger partial charge in [-0.1, -0.05) is 239 Å². The first-order chi connectivity index (χ1) is 68.7.